The Morgan fingerprint density at radius 2 is 1.90 bits per heavy atom. The summed E-state index contributed by atoms with van der Waals surface area (Å²) in [6.07, 6.45) is 5.92. The van der Waals surface area contributed by atoms with Crippen LogP contribution >= 0.6 is 0 Å². The van der Waals surface area contributed by atoms with E-state index in [-0.39, 0.29) is 12.1 Å². The SMILES string of the molecule is CCC[C@H]1CN(c2cc(-c3cnc(N)nc3)nc(N3CCC(F)CC3)n2)CCO1. The van der Waals surface area contributed by atoms with Crippen LogP contribution in [0.3, 0.4) is 0 Å². The van der Waals surface area contributed by atoms with Crippen LogP contribution in [0.4, 0.5) is 22.1 Å². The van der Waals surface area contributed by atoms with E-state index >= 15 is 0 Å². The van der Waals surface area contributed by atoms with E-state index < -0.39 is 6.17 Å². The second-order valence-electron chi connectivity index (χ2n) is 7.63. The third-order valence-electron chi connectivity index (χ3n) is 5.45. The van der Waals surface area contributed by atoms with Gasteiger partial charge in [0.15, 0.2) is 0 Å². The fourth-order valence-corrected chi connectivity index (χ4v) is 3.82. The molecule has 1 atom stereocenters. The summed E-state index contributed by atoms with van der Waals surface area (Å²) >= 11 is 0. The van der Waals surface area contributed by atoms with Crippen molar-refractivity contribution in [2.75, 3.05) is 48.3 Å². The van der Waals surface area contributed by atoms with Crippen LogP contribution < -0.4 is 15.5 Å². The molecule has 0 unspecified atom stereocenters. The molecule has 0 spiro atoms. The van der Waals surface area contributed by atoms with E-state index in [9.17, 15) is 4.39 Å². The van der Waals surface area contributed by atoms with Crippen molar-refractivity contribution < 1.29 is 9.13 Å². The average Bonchev–Trinajstić information content (AvgIpc) is 2.75. The number of hydrogen-bond acceptors (Lipinski definition) is 8. The van der Waals surface area contributed by atoms with E-state index in [0.717, 1.165) is 43.0 Å². The highest BCUT2D eigenvalue weighted by molar-refractivity contribution is 5.64. The Kier molecular flexibility index (Phi) is 6.03. The Labute approximate surface area is 170 Å². The summed E-state index contributed by atoms with van der Waals surface area (Å²) in [7, 11) is 0. The lowest BCUT2D eigenvalue weighted by Crippen LogP contribution is -2.43. The molecule has 2 saturated heterocycles. The van der Waals surface area contributed by atoms with Gasteiger partial charge in [-0.15, -0.1) is 0 Å². The standard InChI is InChI=1S/C20H28FN7O/c1-2-3-16-13-28(8-9-29-16)18-10-17(14-11-23-19(22)24-12-14)25-20(26-18)27-6-4-15(21)5-7-27/h10-12,15-16H,2-9,13H2,1H3,(H2,22,23,24)/t16-/m0/s1. The maximum absolute atomic E-state index is 13.6. The number of halogens is 1. The maximum atomic E-state index is 13.6. The van der Waals surface area contributed by atoms with Crippen LogP contribution in [0.1, 0.15) is 32.6 Å². The van der Waals surface area contributed by atoms with Crippen molar-refractivity contribution in [1.82, 2.24) is 19.9 Å². The van der Waals surface area contributed by atoms with Crippen LogP contribution in [-0.4, -0.2) is 65.0 Å². The minimum Gasteiger partial charge on any atom is -0.375 e. The molecule has 2 aromatic rings. The molecule has 0 saturated carbocycles. The first-order chi connectivity index (χ1) is 14.1. The van der Waals surface area contributed by atoms with E-state index in [4.69, 9.17) is 20.4 Å². The molecule has 29 heavy (non-hydrogen) atoms. The first-order valence-corrected chi connectivity index (χ1v) is 10.3. The maximum Gasteiger partial charge on any atom is 0.227 e. The second kappa shape index (κ2) is 8.86. The molecule has 0 aromatic carbocycles. The molecule has 0 bridgehead atoms. The number of ether oxygens (including phenoxy) is 1. The fraction of sp³-hybridized carbons (Fsp3) is 0.600. The smallest absolute Gasteiger partial charge is 0.227 e. The number of alkyl halides is 1. The third kappa shape index (κ3) is 4.72. The number of aromatic nitrogens is 4. The van der Waals surface area contributed by atoms with Gasteiger partial charge < -0.3 is 20.3 Å². The molecule has 9 heteroatoms. The van der Waals surface area contributed by atoms with Gasteiger partial charge >= 0.3 is 0 Å². The molecule has 4 rings (SSSR count). The number of piperidine rings is 1. The van der Waals surface area contributed by atoms with Crippen molar-refractivity contribution in [3.63, 3.8) is 0 Å². The highest BCUT2D eigenvalue weighted by Crippen LogP contribution is 2.27. The average molecular weight is 401 g/mol. The molecule has 2 aliphatic rings. The number of nitrogens with zero attached hydrogens (tertiary/aromatic N) is 6. The Morgan fingerprint density at radius 1 is 1.14 bits per heavy atom. The molecule has 0 aliphatic carbocycles. The Balaban J connectivity index is 1.67. The predicted octanol–water partition coefficient (Wildman–Crippen LogP) is 2.46. The number of rotatable bonds is 5. The summed E-state index contributed by atoms with van der Waals surface area (Å²) in [5.41, 5.74) is 7.16. The van der Waals surface area contributed by atoms with E-state index in [1.807, 2.05) is 6.07 Å². The third-order valence-corrected chi connectivity index (χ3v) is 5.45. The summed E-state index contributed by atoms with van der Waals surface area (Å²) in [5.74, 6) is 1.71. The summed E-state index contributed by atoms with van der Waals surface area (Å²) in [5, 5.41) is 0. The number of anilines is 3. The lowest BCUT2D eigenvalue weighted by molar-refractivity contribution is 0.0346. The van der Waals surface area contributed by atoms with Crippen LogP contribution in [0.5, 0.6) is 0 Å². The molecule has 2 aromatic heterocycles. The zero-order valence-electron chi connectivity index (χ0n) is 16.8. The van der Waals surface area contributed by atoms with Crippen LogP contribution in [0, 0.1) is 0 Å². The molecule has 8 nitrogen and oxygen atoms in total. The molecular formula is C20H28FN7O. The van der Waals surface area contributed by atoms with Crippen molar-refractivity contribution >= 4 is 17.7 Å². The van der Waals surface area contributed by atoms with Crippen LogP contribution in [0.25, 0.3) is 11.3 Å². The highest BCUT2D eigenvalue weighted by atomic mass is 19.1. The first-order valence-electron chi connectivity index (χ1n) is 10.3. The Bertz CT molecular complexity index is 809. The molecule has 4 heterocycles. The minimum atomic E-state index is -0.742. The molecular weight excluding hydrogens is 373 g/mol. The van der Waals surface area contributed by atoms with Gasteiger partial charge in [-0.1, -0.05) is 13.3 Å². The molecule has 2 N–H and O–H groups in total. The lowest BCUT2D eigenvalue weighted by Gasteiger charge is -2.35. The minimum absolute atomic E-state index is 0.206. The molecule has 2 fully saturated rings. The topological polar surface area (TPSA) is 93.3 Å². The molecule has 0 amide bonds. The van der Waals surface area contributed by atoms with Gasteiger partial charge in [0.2, 0.25) is 11.9 Å². The monoisotopic (exact) mass is 401 g/mol. The van der Waals surface area contributed by atoms with Crippen LogP contribution in [0.15, 0.2) is 18.5 Å². The van der Waals surface area contributed by atoms with Crippen molar-refractivity contribution in [2.24, 2.45) is 0 Å². The van der Waals surface area contributed by atoms with E-state index in [1.165, 1.54) is 0 Å². The fourth-order valence-electron chi connectivity index (χ4n) is 3.82. The van der Waals surface area contributed by atoms with Gasteiger partial charge in [0, 0.05) is 50.2 Å². The molecule has 0 radical (unpaired) electrons. The van der Waals surface area contributed by atoms with Crippen molar-refractivity contribution in [3.8, 4) is 11.3 Å². The highest BCUT2D eigenvalue weighted by Gasteiger charge is 2.25. The largest absolute Gasteiger partial charge is 0.375 e. The summed E-state index contributed by atoms with van der Waals surface area (Å²) in [6, 6.07) is 1.97. The van der Waals surface area contributed by atoms with Gasteiger partial charge in [0.05, 0.1) is 18.4 Å². The van der Waals surface area contributed by atoms with Gasteiger partial charge in [-0.05, 0) is 19.3 Å². The van der Waals surface area contributed by atoms with E-state index in [0.29, 0.717) is 38.5 Å². The van der Waals surface area contributed by atoms with Crippen LogP contribution in [-0.2, 0) is 4.74 Å². The zero-order chi connectivity index (χ0) is 20.2. The second-order valence-corrected chi connectivity index (χ2v) is 7.63. The van der Waals surface area contributed by atoms with Gasteiger partial charge in [0.1, 0.15) is 12.0 Å². The van der Waals surface area contributed by atoms with E-state index in [1.54, 1.807) is 12.4 Å². The normalized spacial score (nSPS) is 20.8. The summed E-state index contributed by atoms with van der Waals surface area (Å²) in [4.78, 5) is 22.1. The lowest BCUT2D eigenvalue weighted by atomic mass is 10.1. The van der Waals surface area contributed by atoms with Crippen molar-refractivity contribution in [3.05, 3.63) is 18.5 Å². The Morgan fingerprint density at radius 3 is 2.62 bits per heavy atom. The summed E-state index contributed by atoms with van der Waals surface area (Å²) < 4.78 is 19.5. The van der Waals surface area contributed by atoms with Crippen LogP contribution in [0.2, 0.25) is 0 Å². The Hall–Kier alpha value is -2.55. The van der Waals surface area contributed by atoms with Crippen molar-refractivity contribution in [1.29, 1.82) is 0 Å². The number of hydrogen-bond donors (Lipinski definition) is 1. The van der Waals surface area contributed by atoms with E-state index in [2.05, 4.69) is 26.7 Å². The predicted molar refractivity (Wildman–Crippen MR) is 111 cm³/mol. The van der Waals surface area contributed by atoms with Gasteiger partial charge in [-0.3, -0.25) is 0 Å². The molecule has 156 valence electrons. The zero-order valence-corrected chi connectivity index (χ0v) is 16.8. The van der Waals surface area contributed by atoms with Crippen molar-refractivity contribution in [2.45, 2.75) is 44.9 Å². The van der Waals surface area contributed by atoms with Gasteiger partial charge in [-0.2, -0.15) is 4.98 Å². The number of nitrogen functional groups attached to an aromatic ring is 1. The quantitative estimate of drug-likeness (QED) is 0.817. The van der Waals surface area contributed by atoms with Gasteiger partial charge in [0.25, 0.3) is 0 Å². The summed E-state index contributed by atoms with van der Waals surface area (Å²) in [6.45, 7) is 5.65. The molecule has 2 aliphatic heterocycles. The first kappa shape index (κ1) is 19.8. The number of nitrogens with two attached hydrogens (primary N) is 1. The number of morpholine rings is 1. The van der Waals surface area contributed by atoms with Gasteiger partial charge in [-0.25, -0.2) is 19.3 Å².